The Kier molecular flexibility index (Phi) is 6.31. The van der Waals surface area contributed by atoms with Crippen LogP contribution in [0.1, 0.15) is 23.6 Å². The van der Waals surface area contributed by atoms with Crippen molar-refractivity contribution in [3.8, 4) is 0 Å². The summed E-state index contributed by atoms with van der Waals surface area (Å²) in [5, 5.41) is 2.32. The van der Waals surface area contributed by atoms with E-state index in [1.54, 1.807) is 18.9 Å². The summed E-state index contributed by atoms with van der Waals surface area (Å²) in [5.41, 5.74) is 0.874. The van der Waals surface area contributed by atoms with E-state index in [-0.39, 0.29) is 10.7 Å². The SMILES string of the molecule is Cc1ccc(CN(C)C(C)C(=O)Nc2ccc(Cl)cc2C(F)(F)F)cc1. The van der Waals surface area contributed by atoms with Crippen molar-refractivity contribution in [1.29, 1.82) is 0 Å². The normalized spacial score (nSPS) is 12.9. The fraction of sp³-hybridized carbons (Fsp3) is 0.316. The lowest BCUT2D eigenvalue weighted by molar-refractivity contribution is -0.137. The summed E-state index contributed by atoms with van der Waals surface area (Å²) in [7, 11) is 1.75. The van der Waals surface area contributed by atoms with Gasteiger partial charge in [-0.1, -0.05) is 41.4 Å². The van der Waals surface area contributed by atoms with Gasteiger partial charge in [-0.3, -0.25) is 9.69 Å². The van der Waals surface area contributed by atoms with E-state index in [9.17, 15) is 18.0 Å². The van der Waals surface area contributed by atoms with Gasteiger partial charge in [0, 0.05) is 11.6 Å². The molecule has 0 heterocycles. The zero-order valence-corrected chi connectivity index (χ0v) is 15.4. The van der Waals surface area contributed by atoms with E-state index in [1.165, 1.54) is 6.07 Å². The smallest absolute Gasteiger partial charge is 0.324 e. The van der Waals surface area contributed by atoms with Crippen molar-refractivity contribution < 1.29 is 18.0 Å². The van der Waals surface area contributed by atoms with Gasteiger partial charge in [-0.05, 0) is 44.7 Å². The number of halogens is 4. The quantitative estimate of drug-likeness (QED) is 0.775. The van der Waals surface area contributed by atoms with E-state index in [0.717, 1.165) is 23.3 Å². The van der Waals surface area contributed by atoms with Crippen molar-refractivity contribution in [3.05, 3.63) is 64.2 Å². The van der Waals surface area contributed by atoms with Gasteiger partial charge < -0.3 is 5.32 Å². The van der Waals surface area contributed by atoms with Crippen LogP contribution in [0.3, 0.4) is 0 Å². The maximum absolute atomic E-state index is 13.1. The van der Waals surface area contributed by atoms with Crippen LogP contribution in [0.15, 0.2) is 42.5 Å². The number of rotatable bonds is 5. The van der Waals surface area contributed by atoms with Gasteiger partial charge in [-0.15, -0.1) is 0 Å². The molecule has 0 aromatic heterocycles. The Morgan fingerprint density at radius 1 is 1.19 bits per heavy atom. The highest BCUT2D eigenvalue weighted by atomic mass is 35.5. The largest absolute Gasteiger partial charge is 0.418 e. The lowest BCUT2D eigenvalue weighted by Crippen LogP contribution is -2.39. The van der Waals surface area contributed by atoms with Gasteiger partial charge in [-0.2, -0.15) is 13.2 Å². The lowest BCUT2D eigenvalue weighted by Gasteiger charge is -2.24. The second kappa shape index (κ2) is 8.10. The van der Waals surface area contributed by atoms with Crippen molar-refractivity contribution in [3.63, 3.8) is 0 Å². The summed E-state index contributed by atoms with van der Waals surface area (Å²) in [6.07, 6.45) is -4.61. The molecule has 3 nitrogen and oxygen atoms in total. The maximum Gasteiger partial charge on any atom is 0.418 e. The molecule has 140 valence electrons. The minimum absolute atomic E-state index is 0.0418. The molecule has 7 heteroatoms. The first kappa shape index (κ1) is 20.3. The summed E-state index contributed by atoms with van der Waals surface area (Å²) < 4.78 is 39.4. The molecule has 26 heavy (non-hydrogen) atoms. The molecule has 0 saturated heterocycles. The van der Waals surface area contributed by atoms with Crippen LogP contribution in [0.25, 0.3) is 0 Å². The van der Waals surface area contributed by atoms with Gasteiger partial charge in [0.05, 0.1) is 17.3 Å². The fourth-order valence-corrected chi connectivity index (χ4v) is 2.59. The number of amides is 1. The van der Waals surface area contributed by atoms with Crippen molar-refractivity contribution in [1.82, 2.24) is 4.90 Å². The summed E-state index contributed by atoms with van der Waals surface area (Å²) in [5.74, 6) is -0.521. The minimum Gasteiger partial charge on any atom is -0.324 e. The van der Waals surface area contributed by atoms with Crippen molar-refractivity contribution >= 4 is 23.2 Å². The highest BCUT2D eigenvalue weighted by Gasteiger charge is 2.34. The number of hydrogen-bond donors (Lipinski definition) is 1. The van der Waals surface area contributed by atoms with Crippen LogP contribution >= 0.6 is 11.6 Å². The van der Waals surface area contributed by atoms with Gasteiger partial charge in [0.15, 0.2) is 0 Å². The molecular weight excluding hydrogens is 365 g/mol. The molecule has 0 fully saturated rings. The zero-order chi connectivity index (χ0) is 19.5. The minimum atomic E-state index is -4.61. The van der Waals surface area contributed by atoms with Crippen LogP contribution in [-0.4, -0.2) is 23.9 Å². The molecule has 2 aromatic carbocycles. The molecule has 0 saturated carbocycles. The lowest BCUT2D eigenvalue weighted by atomic mass is 10.1. The first-order valence-corrected chi connectivity index (χ1v) is 8.39. The van der Waals surface area contributed by atoms with Crippen molar-refractivity contribution in [2.45, 2.75) is 32.6 Å². The Bertz CT molecular complexity index is 775. The molecule has 2 rings (SSSR count). The Labute approximate surface area is 155 Å². The van der Waals surface area contributed by atoms with Crippen LogP contribution in [0, 0.1) is 6.92 Å². The number of carbonyl (C=O) groups excluding carboxylic acids is 1. The monoisotopic (exact) mass is 384 g/mol. The molecule has 2 aromatic rings. The second-order valence-corrected chi connectivity index (χ2v) is 6.69. The molecule has 1 amide bonds. The number of likely N-dealkylation sites (N-methyl/N-ethyl adjacent to an activating group) is 1. The number of benzene rings is 2. The fourth-order valence-electron chi connectivity index (χ4n) is 2.42. The number of aryl methyl sites for hydroxylation is 1. The molecule has 0 bridgehead atoms. The third kappa shape index (κ3) is 5.22. The third-order valence-electron chi connectivity index (χ3n) is 4.14. The Balaban J connectivity index is 2.10. The molecule has 1 unspecified atom stereocenters. The average molecular weight is 385 g/mol. The summed E-state index contributed by atoms with van der Waals surface area (Å²) >= 11 is 5.65. The first-order chi connectivity index (χ1) is 12.1. The van der Waals surface area contributed by atoms with Gasteiger partial charge in [0.25, 0.3) is 0 Å². The molecule has 1 N–H and O–H groups in total. The number of nitrogens with zero attached hydrogens (tertiary/aromatic N) is 1. The van der Waals surface area contributed by atoms with E-state index < -0.39 is 23.7 Å². The second-order valence-electron chi connectivity index (χ2n) is 6.25. The Morgan fingerprint density at radius 2 is 1.81 bits per heavy atom. The van der Waals surface area contributed by atoms with Crippen LogP contribution in [0.2, 0.25) is 5.02 Å². The zero-order valence-electron chi connectivity index (χ0n) is 14.7. The van der Waals surface area contributed by atoms with Gasteiger partial charge in [0.2, 0.25) is 5.91 Å². The van der Waals surface area contributed by atoms with Crippen LogP contribution < -0.4 is 5.32 Å². The predicted molar refractivity (Wildman–Crippen MR) is 97.2 cm³/mol. The molecule has 0 aliphatic heterocycles. The first-order valence-electron chi connectivity index (χ1n) is 8.01. The van der Waals surface area contributed by atoms with Crippen LogP contribution in [0.5, 0.6) is 0 Å². The van der Waals surface area contributed by atoms with Crippen molar-refractivity contribution in [2.75, 3.05) is 12.4 Å². The van der Waals surface area contributed by atoms with Crippen LogP contribution in [-0.2, 0) is 17.5 Å². The number of carbonyl (C=O) groups is 1. The molecule has 1 atom stereocenters. The van der Waals surface area contributed by atoms with E-state index in [4.69, 9.17) is 11.6 Å². The number of hydrogen-bond acceptors (Lipinski definition) is 2. The third-order valence-corrected chi connectivity index (χ3v) is 4.37. The average Bonchev–Trinajstić information content (AvgIpc) is 2.56. The van der Waals surface area contributed by atoms with Gasteiger partial charge in [0.1, 0.15) is 0 Å². The number of nitrogens with one attached hydrogen (secondary N) is 1. The predicted octanol–water partition coefficient (Wildman–Crippen LogP) is 5.13. The highest BCUT2D eigenvalue weighted by molar-refractivity contribution is 6.30. The van der Waals surface area contributed by atoms with Crippen LogP contribution in [0.4, 0.5) is 18.9 Å². The summed E-state index contributed by atoms with van der Waals surface area (Å²) in [6, 6.07) is 10.5. The van der Waals surface area contributed by atoms with E-state index in [2.05, 4.69) is 5.32 Å². The standard InChI is InChI=1S/C19H20ClF3N2O/c1-12-4-6-14(7-5-12)11-25(3)13(2)18(26)24-17-9-8-15(20)10-16(17)19(21,22)23/h4-10,13H,11H2,1-3H3,(H,24,26). The summed E-state index contributed by atoms with van der Waals surface area (Å²) in [4.78, 5) is 14.2. The Morgan fingerprint density at radius 3 is 2.38 bits per heavy atom. The van der Waals surface area contributed by atoms with Gasteiger partial charge >= 0.3 is 6.18 Å². The highest BCUT2D eigenvalue weighted by Crippen LogP contribution is 2.36. The molecule has 0 radical (unpaired) electrons. The number of anilines is 1. The molecule has 0 aliphatic rings. The molecular formula is C19H20ClF3N2O. The van der Waals surface area contributed by atoms with Crippen molar-refractivity contribution in [2.24, 2.45) is 0 Å². The molecule has 0 aliphatic carbocycles. The van der Waals surface area contributed by atoms with E-state index in [1.807, 2.05) is 31.2 Å². The number of alkyl halides is 3. The Hall–Kier alpha value is -2.05. The van der Waals surface area contributed by atoms with E-state index in [0.29, 0.717) is 6.54 Å². The molecule has 0 spiro atoms. The maximum atomic E-state index is 13.1. The van der Waals surface area contributed by atoms with E-state index >= 15 is 0 Å². The van der Waals surface area contributed by atoms with Gasteiger partial charge in [-0.25, -0.2) is 0 Å². The topological polar surface area (TPSA) is 32.3 Å². The summed E-state index contributed by atoms with van der Waals surface area (Å²) in [6.45, 7) is 4.13.